The highest BCUT2D eigenvalue weighted by atomic mass is 16.5. The van der Waals surface area contributed by atoms with Gasteiger partial charge in [-0.3, -0.25) is 0 Å². The number of furan rings is 1. The van der Waals surface area contributed by atoms with Gasteiger partial charge in [-0.1, -0.05) is 48.5 Å². The van der Waals surface area contributed by atoms with E-state index in [0.29, 0.717) is 5.56 Å². The molecule has 1 aliphatic carbocycles. The largest absolute Gasteiger partial charge is 0.461 e. The van der Waals surface area contributed by atoms with E-state index in [1.54, 1.807) is 12.1 Å². The predicted molar refractivity (Wildman–Crippen MR) is 91.7 cm³/mol. The van der Waals surface area contributed by atoms with E-state index in [2.05, 4.69) is 0 Å². The lowest BCUT2D eigenvalue weighted by atomic mass is 9.95. The fourth-order valence-electron chi connectivity index (χ4n) is 3.15. The van der Waals surface area contributed by atoms with Crippen LogP contribution in [0.5, 0.6) is 0 Å². The number of hydrogen-bond donors (Lipinski definition) is 0. The Morgan fingerprint density at radius 2 is 1.71 bits per heavy atom. The van der Waals surface area contributed by atoms with Gasteiger partial charge in [-0.2, -0.15) is 0 Å². The number of carbonyl (C=O) groups excluding carboxylic acids is 1. The Morgan fingerprint density at radius 3 is 2.46 bits per heavy atom. The SMILES string of the molecule is O=C(OC1CCCc2oc(-c3ccccc3)cc21)c1ccccc1. The number of hydrogen-bond acceptors (Lipinski definition) is 3. The van der Waals surface area contributed by atoms with Crippen molar-refractivity contribution in [1.29, 1.82) is 0 Å². The van der Waals surface area contributed by atoms with E-state index in [4.69, 9.17) is 9.15 Å². The zero-order valence-corrected chi connectivity index (χ0v) is 13.3. The molecule has 0 spiro atoms. The van der Waals surface area contributed by atoms with Gasteiger partial charge in [-0.05, 0) is 31.0 Å². The zero-order chi connectivity index (χ0) is 16.4. The first-order valence-electron chi connectivity index (χ1n) is 8.25. The van der Waals surface area contributed by atoms with Crippen molar-refractivity contribution in [3.8, 4) is 11.3 Å². The van der Waals surface area contributed by atoms with Gasteiger partial charge in [-0.25, -0.2) is 4.79 Å². The van der Waals surface area contributed by atoms with Crippen molar-refractivity contribution in [2.24, 2.45) is 0 Å². The third-order valence-electron chi connectivity index (χ3n) is 4.38. The summed E-state index contributed by atoms with van der Waals surface area (Å²) in [6.07, 6.45) is 2.45. The van der Waals surface area contributed by atoms with Crippen LogP contribution in [0.25, 0.3) is 11.3 Å². The van der Waals surface area contributed by atoms with Crippen molar-refractivity contribution >= 4 is 5.97 Å². The smallest absolute Gasteiger partial charge is 0.338 e. The summed E-state index contributed by atoms with van der Waals surface area (Å²) in [6, 6.07) is 21.1. The van der Waals surface area contributed by atoms with Crippen LogP contribution in [0.4, 0.5) is 0 Å². The molecule has 0 radical (unpaired) electrons. The summed E-state index contributed by atoms with van der Waals surface area (Å²) in [5.74, 6) is 1.49. The average molecular weight is 318 g/mol. The second-order valence-electron chi connectivity index (χ2n) is 6.01. The van der Waals surface area contributed by atoms with E-state index in [1.165, 1.54) is 0 Å². The fourth-order valence-corrected chi connectivity index (χ4v) is 3.15. The number of benzene rings is 2. The summed E-state index contributed by atoms with van der Waals surface area (Å²) < 4.78 is 11.8. The van der Waals surface area contributed by atoms with Gasteiger partial charge in [0.1, 0.15) is 17.6 Å². The number of aryl methyl sites for hydroxylation is 1. The Bertz CT molecular complexity index is 834. The summed E-state index contributed by atoms with van der Waals surface area (Å²) in [4.78, 5) is 12.3. The van der Waals surface area contributed by atoms with Crippen LogP contribution in [0, 0.1) is 0 Å². The normalized spacial score (nSPS) is 16.4. The van der Waals surface area contributed by atoms with E-state index >= 15 is 0 Å². The lowest BCUT2D eigenvalue weighted by Crippen LogP contribution is -2.15. The van der Waals surface area contributed by atoms with Crippen molar-refractivity contribution in [1.82, 2.24) is 0 Å². The molecular weight excluding hydrogens is 300 g/mol. The standard InChI is InChI=1S/C21H18O3/c22-21(16-10-5-2-6-11-16)24-19-13-7-12-18-17(19)14-20(23-18)15-8-3-1-4-9-15/h1-6,8-11,14,19H,7,12-13H2. The lowest BCUT2D eigenvalue weighted by molar-refractivity contribution is 0.0251. The fraction of sp³-hybridized carbons (Fsp3) is 0.190. The molecule has 0 saturated heterocycles. The molecule has 24 heavy (non-hydrogen) atoms. The summed E-state index contributed by atoms with van der Waals surface area (Å²) in [6.45, 7) is 0. The molecule has 1 atom stereocenters. The molecular formula is C21H18O3. The molecule has 120 valence electrons. The second-order valence-corrected chi connectivity index (χ2v) is 6.01. The maximum absolute atomic E-state index is 12.3. The van der Waals surface area contributed by atoms with Crippen LogP contribution in [0.2, 0.25) is 0 Å². The van der Waals surface area contributed by atoms with Crippen molar-refractivity contribution in [2.75, 3.05) is 0 Å². The van der Waals surface area contributed by atoms with Crippen LogP contribution in [0.1, 0.15) is 40.6 Å². The minimum absolute atomic E-state index is 0.234. The third kappa shape index (κ3) is 2.85. The van der Waals surface area contributed by atoms with Gasteiger partial charge >= 0.3 is 5.97 Å². The Labute approximate surface area is 140 Å². The third-order valence-corrected chi connectivity index (χ3v) is 4.38. The summed E-state index contributed by atoms with van der Waals surface area (Å²) >= 11 is 0. The van der Waals surface area contributed by atoms with Crippen LogP contribution in [0.15, 0.2) is 71.1 Å². The van der Waals surface area contributed by atoms with E-state index < -0.39 is 0 Å². The molecule has 3 aromatic rings. The number of rotatable bonds is 3. The molecule has 3 heteroatoms. The highest BCUT2D eigenvalue weighted by Crippen LogP contribution is 2.38. The molecule has 1 aromatic heterocycles. The Balaban J connectivity index is 1.60. The highest BCUT2D eigenvalue weighted by Gasteiger charge is 2.28. The van der Waals surface area contributed by atoms with E-state index in [9.17, 15) is 4.79 Å². The monoisotopic (exact) mass is 318 g/mol. The lowest BCUT2D eigenvalue weighted by Gasteiger charge is -2.21. The maximum atomic E-state index is 12.3. The second kappa shape index (κ2) is 6.36. The minimum atomic E-state index is -0.282. The molecule has 0 aliphatic heterocycles. The van der Waals surface area contributed by atoms with Crippen molar-refractivity contribution < 1.29 is 13.9 Å². The Hall–Kier alpha value is -2.81. The van der Waals surface area contributed by atoms with Crippen molar-refractivity contribution in [3.63, 3.8) is 0 Å². The maximum Gasteiger partial charge on any atom is 0.338 e. The van der Waals surface area contributed by atoms with E-state index in [0.717, 1.165) is 41.9 Å². The molecule has 0 amide bonds. The Morgan fingerprint density at radius 1 is 1.00 bits per heavy atom. The van der Waals surface area contributed by atoms with E-state index in [1.807, 2.05) is 54.6 Å². The summed E-state index contributed by atoms with van der Waals surface area (Å²) in [5.41, 5.74) is 2.63. The molecule has 0 fully saturated rings. The van der Waals surface area contributed by atoms with Gasteiger partial charge in [0.25, 0.3) is 0 Å². The predicted octanol–water partition coefficient (Wildman–Crippen LogP) is 5.18. The van der Waals surface area contributed by atoms with E-state index in [-0.39, 0.29) is 12.1 Å². The molecule has 1 unspecified atom stereocenters. The molecule has 3 nitrogen and oxygen atoms in total. The minimum Gasteiger partial charge on any atom is -0.461 e. The molecule has 0 N–H and O–H groups in total. The summed E-state index contributed by atoms with van der Waals surface area (Å²) in [5, 5.41) is 0. The summed E-state index contributed by atoms with van der Waals surface area (Å²) in [7, 11) is 0. The van der Waals surface area contributed by atoms with Crippen LogP contribution in [0.3, 0.4) is 0 Å². The molecule has 1 aliphatic rings. The first kappa shape index (κ1) is 14.8. The average Bonchev–Trinajstić information content (AvgIpc) is 3.08. The Kier molecular flexibility index (Phi) is 3.91. The van der Waals surface area contributed by atoms with Crippen LogP contribution in [-0.4, -0.2) is 5.97 Å². The van der Waals surface area contributed by atoms with Crippen molar-refractivity contribution in [2.45, 2.75) is 25.4 Å². The van der Waals surface area contributed by atoms with Crippen molar-refractivity contribution in [3.05, 3.63) is 83.6 Å². The zero-order valence-electron chi connectivity index (χ0n) is 13.3. The number of fused-ring (bicyclic) bond motifs is 1. The van der Waals surface area contributed by atoms with Crippen LogP contribution >= 0.6 is 0 Å². The number of carbonyl (C=O) groups is 1. The molecule has 0 bridgehead atoms. The van der Waals surface area contributed by atoms with Gasteiger partial charge in [0.05, 0.1) is 5.56 Å². The van der Waals surface area contributed by atoms with Gasteiger partial charge in [-0.15, -0.1) is 0 Å². The molecule has 4 rings (SSSR count). The molecule has 2 aromatic carbocycles. The highest BCUT2D eigenvalue weighted by molar-refractivity contribution is 5.89. The van der Waals surface area contributed by atoms with Gasteiger partial charge in [0.15, 0.2) is 0 Å². The van der Waals surface area contributed by atoms with Crippen LogP contribution < -0.4 is 0 Å². The number of esters is 1. The molecule has 1 heterocycles. The quantitative estimate of drug-likeness (QED) is 0.625. The first-order chi connectivity index (χ1) is 11.8. The van der Waals surface area contributed by atoms with Gasteiger partial charge in [0, 0.05) is 17.5 Å². The van der Waals surface area contributed by atoms with Gasteiger partial charge < -0.3 is 9.15 Å². The topological polar surface area (TPSA) is 39.4 Å². The number of ether oxygens (including phenoxy) is 1. The van der Waals surface area contributed by atoms with Crippen LogP contribution in [-0.2, 0) is 11.2 Å². The molecule has 0 saturated carbocycles. The first-order valence-corrected chi connectivity index (χ1v) is 8.25. The van der Waals surface area contributed by atoms with Gasteiger partial charge in [0.2, 0.25) is 0 Å².